The Kier molecular flexibility index (Phi) is 4.74. The molecule has 0 atom stereocenters. The first kappa shape index (κ1) is 16.8. The zero-order valence-corrected chi connectivity index (χ0v) is 15.1. The zero-order valence-electron chi connectivity index (χ0n) is 15.1. The quantitative estimate of drug-likeness (QED) is 0.639. The van der Waals surface area contributed by atoms with Crippen molar-refractivity contribution in [2.45, 2.75) is 39.0 Å². The van der Waals surface area contributed by atoms with Crippen molar-refractivity contribution in [2.24, 2.45) is 5.92 Å². The maximum Gasteiger partial charge on any atom is 0.223 e. The van der Waals surface area contributed by atoms with E-state index in [1.807, 2.05) is 18.2 Å². The molecule has 1 N–H and O–H groups in total. The summed E-state index contributed by atoms with van der Waals surface area (Å²) >= 11 is 0. The Morgan fingerprint density at radius 1 is 1.19 bits per heavy atom. The van der Waals surface area contributed by atoms with Crippen LogP contribution in [-0.2, 0) is 17.6 Å². The van der Waals surface area contributed by atoms with Crippen LogP contribution in [0.2, 0.25) is 0 Å². The van der Waals surface area contributed by atoms with Gasteiger partial charge in [0, 0.05) is 18.9 Å². The number of hydrogen-bond donors (Lipinski definition) is 1. The number of hydrogen-bond acceptors (Lipinski definition) is 3. The van der Waals surface area contributed by atoms with Gasteiger partial charge in [-0.3, -0.25) is 4.79 Å². The molecule has 2 aromatic carbocycles. The molecule has 1 heterocycles. The van der Waals surface area contributed by atoms with Gasteiger partial charge in [0.05, 0.1) is 0 Å². The molecule has 1 saturated carbocycles. The van der Waals surface area contributed by atoms with Crippen molar-refractivity contribution in [3.8, 4) is 11.1 Å². The molecule has 1 aliphatic carbocycles. The Balaban J connectivity index is 1.56. The minimum atomic E-state index is 0.209. The molecule has 1 fully saturated rings. The van der Waals surface area contributed by atoms with E-state index in [2.05, 4.69) is 41.5 Å². The van der Waals surface area contributed by atoms with Gasteiger partial charge in [-0.2, -0.15) is 0 Å². The maximum absolute atomic E-state index is 11.8. The average Bonchev–Trinajstić information content (AvgIpc) is 3.44. The van der Waals surface area contributed by atoms with Crippen molar-refractivity contribution >= 4 is 17.0 Å². The number of aromatic nitrogens is 1. The first-order valence-corrected chi connectivity index (χ1v) is 9.50. The predicted octanol–water partition coefficient (Wildman–Crippen LogP) is 4.52. The Bertz CT molecular complexity index is 911. The fourth-order valence-electron chi connectivity index (χ4n) is 3.26. The SMILES string of the molecule is CCc1nc2cc(-c3ccccc3)cc(CCCNC(=O)C3CC3)c2o1. The van der Waals surface area contributed by atoms with Crippen LogP contribution in [0.25, 0.3) is 22.2 Å². The van der Waals surface area contributed by atoms with Crippen LogP contribution in [0.5, 0.6) is 0 Å². The third-order valence-corrected chi connectivity index (χ3v) is 4.89. The summed E-state index contributed by atoms with van der Waals surface area (Å²) in [6, 6.07) is 14.6. The topological polar surface area (TPSA) is 55.1 Å². The van der Waals surface area contributed by atoms with Gasteiger partial charge in [0.25, 0.3) is 0 Å². The molecule has 0 bridgehead atoms. The van der Waals surface area contributed by atoms with Crippen LogP contribution in [0.3, 0.4) is 0 Å². The number of rotatable bonds is 7. The summed E-state index contributed by atoms with van der Waals surface area (Å²) in [7, 11) is 0. The molecule has 0 unspecified atom stereocenters. The fraction of sp³-hybridized carbons (Fsp3) is 0.364. The van der Waals surface area contributed by atoms with E-state index < -0.39 is 0 Å². The molecule has 3 aromatic rings. The molecule has 4 rings (SSSR count). The van der Waals surface area contributed by atoms with Gasteiger partial charge < -0.3 is 9.73 Å². The number of carbonyl (C=O) groups excluding carboxylic acids is 1. The molecule has 0 spiro atoms. The highest BCUT2D eigenvalue weighted by molar-refractivity contribution is 5.84. The van der Waals surface area contributed by atoms with E-state index in [-0.39, 0.29) is 11.8 Å². The predicted molar refractivity (Wildman–Crippen MR) is 103 cm³/mol. The highest BCUT2D eigenvalue weighted by Crippen LogP contribution is 2.30. The lowest BCUT2D eigenvalue weighted by Gasteiger charge is -2.08. The van der Waals surface area contributed by atoms with Crippen molar-refractivity contribution in [3.63, 3.8) is 0 Å². The van der Waals surface area contributed by atoms with E-state index in [4.69, 9.17) is 4.42 Å². The molecular formula is C22H24N2O2. The fourth-order valence-corrected chi connectivity index (χ4v) is 3.26. The minimum Gasteiger partial charge on any atom is -0.440 e. The normalized spacial score (nSPS) is 13.9. The number of oxazole rings is 1. The summed E-state index contributed by atoms with van der Waals surface area (Å²) in [5, 5.41) is 3.04. The summed E-state index contributed by atoms with van der Waals surface area (Å²) < 4.78 is 5.97. The lowest BCUT2D eigenvalue weighted by atomic mass is 9.99. The van der Waals surface area contributed by atoms with Gasteiger partial charge in [-0.1, -0.05) is 37.3 Å². The van der Waals surface area contributed by atoms with Crippen LogP contribution in [0.4, 0.5) is 0 Å². The van der Waals surface area contributed by atoms with Gasteiger partial charge in [0.15, 0.2) is 11.5 Å². The van der Waals surface area contributed by atoms with E-state index >= 15 is 0 Å². The monoisotopic (exact) mass is 348 g/mol. The van der Waals surface area contributed by atoms with Crippen LogP contribution in [-0.4, -0.2) is 17.4 Å². The highest BCUT2D eigenvalue weighted by Gasteiger charge is 2.28. The van der Waals surface area contributed by atoms with Gasteiger partial charge in [-0.15, -0.1) is 0 Å². The molecule has 1 aromatic heterocycles. The summed E-state index contributed by atoms with van der Waals surface area (Å²) in [6.45, 7) is 2.76. The molecular weight excluding hydrogens is 324 g/mol. The Hall–Kier alpha value is -2.62. The van der Waals surface area contributed by atoms with E-state index in [1.165, 1.54) is 5.56 Å². The van der Waals surface area contributed by atoms with Gasteiger partial charge in [-0.05, 0) is 54.5 Å². The van der Waals surface area contributed by atoms with Crippen molar-refractivity contribution in [2.75, 3.05) is 6.54 Å². The molecule has 4 heteroatoms. The number of benzene rings is 2. The van der Waals surface area contributed by atoms with Crippen LogP contribution >= 0.6 is 0 Å². The molecule has 1 aliphatic rings. The van der Waals surface area contributed by atoms with E-state index in [0.29, 0.717) is 6.54 Å². The van der Waals surface area contributed by atoms with Gasteiger partial charge in [-0.25, -0.2) is 4.98 Å². The Labute approximate surface area is 153 Å². The number of nitrogens with one attached hydrogen (secondary N) is 1. The lowest BCUT2D eigenvalue weighted by molar-refractivity contribution is -0.122. The number of nitrogens with zero attached hydrogens (tertiary/aromatic N) is 1. The summed E-state index contributed by atoms with van der Waals surface area (Å²) in [6.07, 6.45) is 4.63. The van der Waals surface area contributed by atoms with Crippen molar-refractivity contribution < 1.29 is 9.21 Å². The second-order valence-electron chi connectivity index (χ2n) is 6.98. The number of amides is 1. The number of carbonyl (C=O) groups is 1. The van der Waals surface area contributed by atoms with Crippen LogP contribution in [0, 0.1) is 5.92 Å². The largest absolute Gasteiger partial charge is 0.440 e. The van der Waals surface area contributed by atoms with Crippen LogP contribution < -0.4 is 5.32 Å². The minimum absolute atomic E-state index is 0.209. The van der Waals surface area contributed by atoms with E-state index in [1.54, 1.807) is 0 Å². The first-order valence-electron chi connectivity index (χ1n) is 9.50. The number of fused-ring (bicyclic) bond motifs is 1. The average molecular weight is 348 g/mol. The molecule has 1 amide bonds. The summed E-state index contributed by atoms with van der Waals surface area (Å²) in [5.41, 5.74) is 5.30. The van der Waals surface area contributed by atoms with Crippen molar-refractivity contribution in [1.29, 1.82) is 0 Å². The molecule has 0 aliphatic heterocycles. The van der Waals surface area contributed by atoms with Gasteiger partial charge in [0.2, 0.25) is 5.91 Å². The van der Waals surface area contributed by atoms with Crippen LogP contribution in [0.15, 0.2) is 46.9 Å². The second-order valence-corrected chi connectivity index (χ2v) is 6.98. The third kappa shape index (κ3) is 3.64. The Morgan fingerprint density at radius 3 is 2.73 bits per heavy atom. The highest BCUT2D eigenvalue weighted by atomic mass is 16.3. The summed E-state index contributed by atoms with van der Waals surface area (Å²) in [4.78, 5) is 16.4. The van der Waals surface area contributed by atoms with E-state index in [0.717, 1.165) is 60.2 Å². The van der Waals surface area contributed by atoms with Gasteiger partial charge >= 0.3 is 0 Å². The van der Waals surface area contributed by atoms with Gasteiger partial charge in [0.1, 0.15) is 5.52 Å². The zero-order chi connectivity index (χ0) is 17.9. The smallest absolute Gasteiger partial charge is 0.223 e. The van der Waals surface area contributed by atoms with Crippen molar-refractivity contribution in [3.05, 3.63) is 53.9 Å². The molecule has 26 heavy (non-hydrogen) atoms. The van der Waals surface area contributed by atoms with E-state index in [9.17, 15) is 4.79 Å². The van der Waals surface area contributed by atoms with Crippen LogP contribution in [0.1, 0.15) is 37.6 Å². The number of aryl methyl sites for hydroxylation is 2. The second kappa shape index (κ2) is 7.32. The van der Waals surface area contributed by atoms with Crippen molar-refractivity contribution in [1.82, 2.24) is 10.3 Å². The Morgan fingerprint density at radius 2 is 2.00 bits per heavy atom. The molecule has 0 saturated heterocycles. The molecule has 134 valence electrons. The third-order valence-electron chi connectivity index (χ3n) is 4.89. The molecule has 0 radical (unpaired) electrons. The molecule has 4 nitrogen and oxygen atoms in total. The first-order chi connectivity index (χ1) is 12.7. The maximum atomic E-state index is 11.8. The lowest BCUT2D eigenvalue weighted by Crippen LogP contribution is -2.26. The standard InChI is InChI=1S/C22H24N2O2/c1-2-20-24-19-14-18(15-7-4-3-5-8-15)13-17(21(19)26-20)9-6-12-23-22(25)16-10-11-16/h3-5,7-8,13-14,16H,2,6,9-12H2,1H3,(H,23,25). The summed E-state index contributed by atoms with van der Waals surface area (Å²) in [5.74, 6) is 1.25.